The largest absolute Gasteiger partial charge is 0.377 e. The van der Waals surface area contributed by atoms with Crippen molar-refractivity contribution in [1.29, 1.82) is 0 Å². The van der Waals surface area contributed by atoms with Gasteiger partial charge in [-0.05, 0) is 30.2 Å². The zero-order valence-electron chi connectivity index (χ0n) is 13.5. The molecule has 3 aromatic rings. The molecule has 1 amide bonds. The third-order valence-electron chi connectivity index (χ3n) is 3.63. The maximum absolute atomic E-state index is 12.2. The first-order chi connectivity index (χ1) is 11.8. The number of para-hydroxylation sites is 2. The fourth-order valence-corrected chi connectivity index (χ4v) is 2.31. The predicted molar refractivity (Wildman–Crippen MR) is 92.5 cm³/mol. The van der Waals surface area contributed by atoms with Crippen LogP contribution in [0.3, 0.4) is 0 Å². The number of aromatic nitrogens is 2. The van der Waals surface area contributed by atoms with Gasteiger partial charge in [-0.2, -0.15) is 0 Å². The second-order valence-electron chi connectivity index (χ2n) is 5.38. The molecule has 0 radical (unpaired) electrons. The molecule has 1 N–H and O–H groups in total. The highest BCUT2D eigenvalue weighted by molar-refractivity contribution is 5.93. The van der Waals surface area contributed by atoms with Crippen molar-refractivity contribution < 1.29 is 9.53 Å². The van der Waals surface area contributed by atoms with Crippen LogP contribution in [0.4, 0.5) is 0 Å². The molecule has 1 aromatic heterocycles. The van der Waals surface area contributed by atoms with E-state index in [0.717, 1.165) is 16.6 Å². The maximum atomic E-state index is 12.2. The van der Waals surface area contributed by atoms with E-state index in [1.54, 1.807) is 0 Å². The lowest BCUT2D eigenvalue weighted by Gasteiger charge is -2.07. The molecule has 0 spiro atoms. The lowest BCUT2D eigenvalue weighted by Crippen LogP contribution is -2.24. The number of hydrogen-bond donors (Lipinski definition) is 1. The molecule has 0 aliphatic heterocycles. The molecule has 122 valence electrons. The van der Waals surface area contributed by atoms with Crippen LogP contribution in [0.5, 0.6) is 0 Å². The van der Waals surface area contributed by atoms with Gasteiger partial charge in [-0.25, -0.2) is 4.98 Å². The normalized spacial score (nSPS) is 10.7. The SMILES string of the molecule is CCOCc1ccc(CNC(=O)c2cnc3ccccc3n2)cc1. The highest BCUT2D eigenvalue weighted by Crippen LogP contribution is 2.09. The van der Waals surface area contributed by atoms with E-state index in [-0.39, 0.29) is 5.91 Å². The molecule has 0 saturated heterocycles. The van der Waals surface area contributed by atoms with E-state index in [4.69, 9.17) is 4.74 Å². The highest BCUT2D eigenvalue weighted by Gasteiger charge is 2.08. The number of fused-ring (bicyclic) bond motifs is 1. The Hall–Kier alpha value is -2.79. The fourth-order valence-electron chi connectivity index (χ4n) is 2.31. The Morgan fingerprint density at radius 1 is 1.04 bits per heavy atom. The third kappa shape index (κ3) is 3.94. The van der Waals surface area contributed by atoms with Crippen LogP contribution in [-0.2, 0) is 17.9 Å². The molecule has 0 aliphatic rings. The predicted octanol–water partition coefficient (Wildman–Crippen LogP) is 3.10. The van der Waals surface area contributed by atoms with Gasteiger partial charge in [0.05, 0.1) is 23.8 Å². The Labute approximate surface area is 140 Å². The van der Waals surface area contributed by atoms with Crippen LogP contribution in [0.1, 0.15) is 28.5 Å². The topological polar surface area (TPSA) is 64.1 Å². The molecule has 1 heterocycles. The number of amides is 1. The molecule has 0 atom stereocenters. The van der Waals surface area contributed by atoms with E-state index < -0.39 is 0 Å². The van der Waals surface area contributed by atoms with Gasteiger partial charge < -0.3 is 10.1 Å². The van der Waals surface area contributed by atoms with Gasteiger partial charge in [-0.1, -0.05) is 36.4 Å². The summed E-state index contributed by atoms with van der Waals surface area (Å²) in [7, 11) is 0. The molecule has 0 fully saturated rings. The minimum absolute atomic E-state index is 0.230. The summed E-state index contributed by atoms with van der Waals surface area (Å²) in [6.45, 7) is 3.72. The van der Waals surface area contributed by atoms with Crippen molar-refractivity contribution in [2.75, 3.05) is 6.61 Å². The summed E-state index contributed by atoms with van der Waals surface area (Å²) in [5, 5.41) is 2.87. The lowest BCUT2D eigenvalue weighted by atomic mass is 10.1. The summed E-state index contributed by atoms with van der Waals surface area (Å²) in [6.07, 6.45) is 1.50. The van der Waals surface area contributed by atoms with Gasteiger partial charge in [-0.15, -0.1) is 0 Å². The van der Waals surface area contributed by atoms with Crippen LogP contribution in [0.2, 0.25) is 0 Å². The van der Waals surface area contributed by atoms with Gasteiger partial charge in [0.25, 0.3) is 5.91 Å². The van der Waals surface area contributed by atoms with Crippen LogP contribution in [-0.4, -0.2) is 22.5 Å². The monoisotopic (exact) mass is 321 g/mol. The molecule has 24 heavy (non-hydrogen) atoms. The number of hydrogen-bond acceptors (Lipinski definition) is 4. The van der Waals surface area contributed by atoms with Crippen molar-refractivity contribution in [3.63, 3.8) is 0 Å². The Morgan fingerprint density at radius 3 is 2.50 bits per heavy atom. The van der Waals surface area contributed by atoms with Crippen molar-refractivity contribution in [2.24, 2.45) is 0 Å². The Morgan fingerprint density at radius 2 is 1.75 bits per heavy atom. The van der Waals surface area contributed by atoms with Gasteiger partial charge in [0.2, 0.25) is 0 Å². The van der Waals surface area contributed by atoms with E-state index in [1.165, 1.54) is 6.20 Å². The van der Waals surface area contributed by atoms with Crippen molar-refractivity contribution in [3.05, 3.63) is 71.5 Å². The van der Waals surface area contributed by atoms with Crippen LogP contribution in [0.15, 0.2) is 54.7 Å². The van der Waals surface area contributed by atoms with E-state index in [0.29, 0.717) is 31.0 Å². The average Bonchev–Trinajstić information content (AvgIpc) is 2.65. The van der Waals surface area contributed by atoms with Gasteiger partial charge in [-0.3, -0.25) is 9.78 Å². The smallest absolute Gasteiger partial charge is 0.271 e. The molecular weight excluding hydrogens is 302 g/mol. The molecule has 5 heteroatoms. The zero-order chi connectivity index (χ0) is 16.8. The molecular formula is C19H19N3O2. The molecule has 5 nitrogen and oxygen atoms in total. The van der Waals surface area contributed by atoms with Crippen LogP contribution in [0, 0.1) is 0 Å². The molecule has 3 rings (SSSR count). The standard InChI is InChI=1S/C19H19N3O2/c1-2-24-13-15-9-7-14(8-10-15)11-21-19(23)18-12-20-16-5-3-4-6-17(16)22-18/h3-10,12H,2,11,13H2,1H3,(H,21,23). The quantitative estimate of drug-likeness (QED) is 0.758. The summed E-state index contributed by atoms with van der Waals surface area (Å²) in [5.41, 5.74) is 3.95. The number of carbonyl (C=O) groups excluding carboxylic acids is 1. The Kier molecular flexibility index (Phi) is 5.13. The van der Waals surface area contributed by atoms with E-state index in [1.807, 2.05) is 55.5 Å². The molecule has 0 unspecified atom stereocenters. The van der Waals surface area contributed by atoms with Crippen LogP contribution < -0.4 is 5.32 Å². The number of nitrogens with zero attached hydrogens (tertiary/aromatic N) is 2. The average molecular weight is 321 g/mol. The number of benzene rings is 2. The summed E-state index contributed by atoms with van der Waals surface area (Å²) < 4.78 is 5.37. The minimum atomic E-state index is -0.230. The van der Waals surface area contributed by atoms with Crippen molar-refractivity contribution in [3.8, 4) is 0 Å². The van der Waals surface area contributed by atoms with E-state index in [9.17, 15) is 4.79 Å². The van der Waals surface area contributed by atoms with E-state index >= 15 is 0 Å². The third-order valence-corrected chi connectivity index (χ3v) is 3.63. The van der Waals surface area contributed by atoms with Gasteiger partial charge in [0.15, 0.2) is 0 Å². The second kappa shape index (κ2) is 7.66. The number of ether oxygens (including phenoxy) is 1. The first-order valence-electron chi connectivity index (χ1n) is 7.92. The summed E-state index contributed by atoms with van der Waals surface area (Å²) in [4.78, 5) is 20.8. The minimum Gasteiger partial charge on any atom is -0.377 e. The number of rotatable bonds is 6. The Balaban J connectivity index is 1.61. The van der Waals surface area contributed by atoms with Crippen LogP contribution in [0.25, 0.3) is 11.0 Å². The van der Waals surface area contributed by atoms with Gasteiger partial charge in [0.1, 0.15) is 5.69 Å². The summed E-state index contributed by atoms with van der Waals surface area (Å²) in [6, 6.07) is 15.5. The first kappa shape index (κ1) is 16.1. The fraction of sp³-hybridized carbons (Fsp3) is 0.211. The molecule has 2 aromatic carbocycles. The molecule has 0 saturated carbocycles. The number of nitrogens with one attached hydrogen (secondary N) is 1. The van der Waals surface area contributed by atoms with Crippen molar-refractivity contribution in [2.45, 2.75) is 20.1 Å². The lowest BCUT2D eigenvalue weighted by molar-refractivity contribution is 0.0946. The number of carbonyl (C=O) groups is 1. The van der Waals surface area contributed by atoms with Crippen LogP contribution >= 0.6 is 0 Å². The van der Waals surface area contributed by atoms with Gasteiger partial charge in [0, 0.05) is 13.2 Å². The zero-order valence-corrected chi connectivity index (χ0v) is 13.5. The van der Waals surface area contributed by atoms with E-state index in [2.05, 4.69) is 15.3 Å². The molecule has 0 aliphatic carbocycles. The first-order valence-corrected chi connectivity index (χ1v) is 7.92. The Bertz CT molecular complexity index is 831. The summed E-state index contributed by atoms with van der Waals surface area (Å²) in [5.74, 6) is -0.230. The van der Waals surface area contributed by atoms with Crippen molar-refractivity contribution >= 4 is 16.9 Å². The van der Waals surface area contributed by atoms with Gasteiger partial charge >= 0.3 is 0 Å². The highest BCUT2D eigenvalue weighted by atomic mass is 16.5. The van der Waals surface area contributed by atoms with Crippen molar-refractivity contribution in [1.82, 2.24) is 15.3 Å². The molecule has 0 bridgehead atoms. The maximum Gasteiger partial charge on any atom is 0.271 e. The summed E-state index contributed by atoms with van der Waals surface area (Å²) >= 11 is 0. The second-order valence-corrected chi connectivity index (χ2v) is 5.38.